The summed E-state index contributed by atoms with van der Waals surface area (Å²) in [4.78, 5) is 15.1. The van der Waals surface area contributed by atoms with Gasteiger partial charge in [-0.3, -0.25) is 9.79 Å². The van der Waals surface area contributed by atoms with E-state index in [0.717, 1.165) is 0 Å². The number of guanidine groups is 1. The van der Waals surface area contributed by atoms with Crippen LogP contribution in [-0.2, 0) is 4.79 Å². The van der Waals surface area contributed by atoms with E-state index in [9.17, 15) is 4.79 Å². The summed E-state index contributed by atoms with van der Waals surface area (Å²) < 4.78 is 0. The lowest BCUT2D eigenvalue weighted by molar-refractivity contribution is -0.122. The molecule has 76 valence electrons. The normalized spacial score (nSPS) is 13.6. The summed E-state index contributed by atoms with van der Waals surface area (Å²) in [6, 6.07) is -0.338. The standard InChI is InChI=1S/C8H18N4O/c1-4-10-7(13)6(3)12-8(9)11-5-2/h6H,4-5H2,1-3H3,(H,10,13)(H3,9,11,12). The number of carbonyl (C=O) groups excluding carboxylic acids is 1. The smallest absolute Gasteiger partial charge is 0.242 e. The molecular weight excluding hydrogens is 168 g/mol. The van der Waals surface area contributed by atoms with E-state index in [1.807, 2.05) is 13.8 Å². The average molecular weight is 186 g/mol. The molecule has 13 heavy (non-hydrogen) atoms. The first-order chi connectivity index (χ1) is 6.11. The highest BCUT2D eigenvalue weighted by molar-refractivity contribution is 5.87. The molecule has 0 heterocycles. The molecule has 0 spiro atoms. The Labute approximate surface area is 78.8 Å². The Morgan fingerprint density at radius 2 is 2.15 bits per heavy atom. The Hall–Kier alpha value is -1.26. The average Bonchev–Trinajstić information content (AvgIpc) is 2.05. The van der Waals surface area contributed by atoms with Crippen molar-refractivity contribution in [3.05, 3.63) is 0 Å². The van der Waals surface area contributed by atoms with Crippen LogP contribution in [0.2, 0.25) is 0 Å². The molecule has 0 bridgehead atoms. The van der Waals surface area contributed by atoms with Gasteiger partial charge in [0.25, 0.3) is 0 Å². The number of hydrogen-bond acceptors (Lipinski definition) is 2. The number of likely N-dealkylation sites (N-methyl/N-ethyl adjacent to an activating group) is 1. The van der Waals surface area contributed by atoms with E-state index < -0.39 is 0 Å². The molecule has 0 aliphatic heterocycles. The van der Waals surface area contributed by atoms with Gasteiger partial charge in [-0.15, -0.1) is 0 Å². The Morgan fingerprint density at radius 1 is 1.54 bits per heavy atom. The lowest BCUT2D eigenvalue weighted by atomic mass is 10.3. The largest absolute Gasteiger partial charge is 0.370 e. The highest BCUT2D eigenvalue weighted by Crippen LogP contribution is 1.81. The third-order valence-electron chi connectivity index (χ3n) is 1.44. The fourth-order valence-corrected chi connectivity index (χ4v) is 0.831. The molecule has 0 aromatic carbocycles. The van der Waals surface area contributed by atoms with Gasteiger partial charge in [0.05, 0.1) is 0 Å². The quantitative estimate of drug-likeness (QED) is 0.406. The van der Waals surface area contributed by atoms with E-state index in [0.29, 0.717) is 19.0 Å². The first kappa shape index (κ1) is 11.7. The zero-order valence-corrected chi connectivity index (χ0v) is 8.42. The fourth-order valence-electron chi connectivity index (χ4n) is 0.831. The van der Waals surface area contributed by atoms with Crippen molar-refractivity contribution in [1.82, 2.24) is 10.6 Å². The number of hydrogen-bond donors (Lipinski definition) is 3. The van der Waals surface area contributed by atoms with Crippen LogP contribution >= 0.6 is 0 Å². The molecule has 5 nitrogen and oxygen atoms in total. The zero-order valence-electron chi connectivity index (χ0n) is 8.42. The Bertz CT molecular complexity index is 191. The summed E-state index contributed by atoms with van der Waals surface area (Å²) in [6.07, 6.45) is 0. The van der Waals surface area contributed by atoms with Crippen LogP contribution < -0.4 is 16.4 Å². The Kier molecular flexibility index (Phi) is 5.67. The predicted octanol–water partition coefficient (Wildman–Crippen LogP) is -0.565. The van der Waals surface area contributed by atoms with Crippen LogP contribution in [0.15, 0.2) is 4.99 Å². The van der Waals surface area contributed by atoms with Crippen LogP contribution in [0.25, 0.3) is 0 Å². The van der Waals surface area contributed by atoms with E-state index in [2.05, 4.69) is 15.6 Å². The van der Waals surface area contributed by atoms with Gasteiger partial charge >= 0.3 is 0 Å². The van der Waals surface area contributed by atoms with Crippen LogP contribution in [0.1, 0.15) is 20.8 Å². The van der Waals surface area contributed by atoms with Crippen molar-refractivity contribution in [3.63, 3.8) is 0 Å². The van der Waals surface area contributed by atoms with Crippen molar-refractivity contribution in [2.24, 2.45) is 10.7 Å². The summed E-state index contributed by atoms with van der Waals surface area (Å²) in [7, 11) is 0. The first-order valence-electron chi connectivity index (χ1n) is 4.46. The summed E-state index contributed by atoms with van der Waals surface area (Å²) >= 11 is 0. The molecule has 5 heteroatoms. The van der Waals surface area contributed by atoms with E-state index in [1.54, 1.807) is 6.92 Å². The van der Waals surface area contributed by atoms with Crippen molar-refractivity contribution in [2.45, 2.75) is 26.8 Å². The van der Waals surface area contributed by atoms with Crippen molar-refractivity contribution < 1.29 is 4.79 Å². The van der Waals surface area contributed by atoms with Gasteiger partial charge in [-0.1, -0.05) is 0 Å². The molecule has 1 amide bonds. The van der Waals surface area contributed by atoms with Crippen LogP contribution in [0.5, 0.6) is 0 Å². The highest BCUT2D eigenvalue weighted by atomic mass is 16.2. The van der Waals surface area contributed by atoms with Crippen LogP contribution in [0.4, 0.5) is 0 Å². The summed E-state index contributed by atoms with van der Waals surface area (Å²) in [5.41, 5.74) is 5.48. The van der Waals surface area contributed by atoms with Gasteiger partial charge in [0.1, 0.15) is 6.04 Å². The SMILES string of the molecule is CCN=C(N)NC(C)C(=O)NCC. The number of amides is 1. The summed E-state index contributed by atoms with van der Waals surface area (Å²) in [6.45, 7) is 6.72. The number of nitrogens with zero attached hydrogens (tertiary/aromatic N) is 1. The minimum absolute atomic E-state index is 0.0725. The Morgan fingerprint density at radius 3 is 2.62 bits per heavy atom. The second-order valence-electron chi connectivity index (χ2n) is 2.62. The van der Waals surface area contributed by atoms with Crippen molar-refractivity contribution in [1.29, 1.82) is 0 Å². The molecule has 1 atom stereocenters. The third-order valence-corrected chi connectivity index (χ3v) is 1.44. The van der Waals surface area contributed by atoms with E-state index in [1.165, 1.54) is 0 Å². The topological polar surface area (TPSA) is 79.5 Å². The molecule has 0 saturated heterocycles. The van der Waals surface area contributed by atoms with Gasteiger partial charge in [0.2, 0.25) is 5.91 Å². The van der Waals surface area contributed by atoms with Gasteiger partial charge < -0.3 is 16.4 Å². The molecule has 4 N–H and O–H groups in total. The number of nitrogens with one attached hydrogen (secondary N) is 2. The maximum atomic E-state index is 11.2. The van der Waals surface area contributed by atoms with E-state index >= 15 is 0 Å². The second-order valence-corrected chi connectivity index (χ2v) is 2.62. The van der Waals surface area contributed by atoms with Crippen LogP contribution in [-0.4, -0.2) is 31.0 Å². The van der Waals surface area contributed by atoms with Crippen molar-refractivity contribution >= 4 is 11.9 Å². The molecular formula is C8H18N4O. The van der Waals surface area contributed by atoms with E-state index in [4.69, 9.17) is 5.73 Å². The monoisotopic (exact) mass is 186 g/mol. The number of nitrogens with two attached hydrogens (primary N) is 1. The van der Waals surface area contributed by atoms with Gasteiger partial charge in [0, 0.05) is 13.1 Å². The van der Waals surface area contributed by atoms with Crippen molar-refractivity contribution in [2.75, 3.05) is 13.1 Å². The Balaban J connectivity index is 3.92. The molecule has 0 saturated carbocycles. The second kappa shape index (κ2) is 6.28. The minimum Gasteiger partial charge on any atom is -0.370 e. The van der Waals surface area contributed by atoms with Gasteiger partial charge in [-0.25, -0.2) is 0 Å². The molecule has 0 aromatic heterocycles. The zero-order chi connectivity index (χ0) is 10.3. The number of aliphatic imine (C=N–C) groups is 1. The fraction of sp³-hybridized carbons (Fsp3) is 0.750. The van der Waals surface area contributed by atoms with Crippen LogP contribution in [0.3, 0.4) is 0 Å². The molecule has 0 aliphatic rings. The molecule has 0 aliphatic carbocycles. The number of rotatable bonds is 4. The molecule has 1 unspecified atom stereocenters. The predicted molar refractivity (Wildman–Crippen MR) is 53.4 cm³/mol. The van der Waals surface area contributed by atoms with Crippen molar-refractivity contribution in [3.8, 4) is 0 Å². The summed E-state index contributed by atoms with van der Waals surface area (Å²) in [5, 5.41) is 5.46. The molecule has 0 radical (unpaired) electrons. The lowest BCUT2D eigenvalue weighted by Crippen LogP contribution is -2.47. The maximum Gasteiger partial charge on any atom is 0.242 e. The molecule has 0 fully saturated rings. The molecule has 0 aromatic rings. The maximum absolute atomic E-state index is 11.2. The van der Waals surface area contributed by atoms with Gasteiger partial charge in [-0.2, -0.15) is 0 Å². The first-order valence-corrected chi connectivity index (χ1v) is 4.46. The van der Waals surface area contributed by atoms with Crippen LogP contribution in [0, 0.1) is 0 Å². The lowest BCUT2D eigenvalue weighted by Gasteiger charge is -2.13. The third kappa shape index (κ3) is 5.05. The number of carbonyl (C=O) groups is 1. The van der Waals surface area contributed by atoms with Gasteiger partial charge in [0.15, 0.2) is 5.96 Å². The highest BCUT2D eigenvalue weighted by Gasteiger charge is 2.10. The summed E-state index contributed by atoms with van der Waals surface area (Å²) in [5.74, 6) is 0.234. The molecule has 0 rings (SSSR count). The van der Waals surface area contributed by atoms with E-state index in [-0.39, 0.29) is 11.9 Å². The van der Waals surface area contributed by atoms with Gasteiger partial charge in [-0.05, 0) is 20.8 Å². The minimum atomic E-state index is -0.338.